The number of aliphatic hydroxyl groups excluding tert-OH is 1. The minimum absolute atomic E-state index is 0.0507. The van der Waals surface area contributed by atoms with Gasteiger partial charge in [-0.1, -0.05) is 13.3 Å². The number of aromatic amines is 1. The fourth-order valence-corrected chi connectivity index (χ4v) is 2.69. The molecule has 0 saturated carbocycles. The molecule has 0 fully saturated rings. The third kappa shape index (κ3) is 5.07. The van der Waals surface area contributed by atoms with Crippen LogP contribution in [0, 0.1) is 0 Å². The Morgan fingerprint density at radius 1 is 1.22 bits per heavy atom. The van der Waals surface area contributed by atoms with Crippen molar-refractivity contribution in [2.75, 3.05) is 24.6 Å². The van der Waals surface area contributed by atoms with E-state index < -0.39 is 11.2 Å². The molecule has 0 aliphatic carbocycles. The van der Waals surface area contributed by atoms with Crippen LogP contribution < -0.4 is 16.1 Å². The lowest BCUT2D eigenvalue weighted by atomic mass is 10.2. The summed E-state index contributed by atoms with van der Waals surface area (Å²) in [6.07, 6.45) is 2.82. The van der Waals surface area contributed by atoms with Crippen LogP contribution in [0.1, 0.15) is 32.3 Å². The first-order valence-corrected chi connectivity index (χ1v) is 9.07. The monoisotopic (exact) mass is 374 g/mol. The lowest BCUT2D eigenvalue weighted by Crippen LogP contribution is -2.32. The Balaban J connectivity index is 2.27. The Hall–Kier alpha value is -2.87. The summed E-state index contributed by atoms with van der Waals surface area (Å²) in [7, 11) is 0. The van der Waals surface area contributed by atoms with E-state index in [1.165, 1.54) is 6.21 Å². The molecule has 0 spiro atoms. The molecule has 0 amide bonds. The molecule has 0 unspecified atom stereocenters. The van der Waals surface area contributed by atoms with Gasteiger partial charge in [0.15, 0.2) is 0 Å². The van der Waals surface area contributed by atoms with Crippen molar-refractivity contribution in [3.63, 3.8) is 0 Å². The maximum atomic E-state index is 12.0. The van der Waals surface area contributed by atoms with Crippen molar-refractivity contribution in [3.8, 4) is 5.88 Å². The van der Waals surface area contributed by atoms with Gasteiger partial charge >= 0.3 is 5.69 Å². The highest BCUT2D eigenvalue weighted by Gasteiger charge is 2.12. The Bertz CT molecular complexity index is 884. The summed E-state index contributed by atoms with van der Waals surface area (Å²) < 4.78 is 1.14. The number of aliphatic hydroxyl groups is 1. The van der Waals surface area contributed by atoms with Gasteiger partial charge in [-0.25, -0.2) is 4.79 Å². The van der Waals surface area contributed by atoms with Gasteiger partial charge in [0.1, 0.15) is 5.56 Å². The molecule has 2 rings (SSSR count). The van der Waals surface area contributed by atoms with Gasteiger partial charge < -0.3 is 15.1 Å². The molecule has 0 aliphatic rings. The summed E-state index contributed by atoms with van der Waals surface area (Å²) in [5, 5.41) is 19.4. The second kappa shape index (κ2) is 9.72. The number of nitrogens with one attached hydrogen (secondary N) is 1. The maximum absolute atomic E-state index is 12.0. The average molecular weight is 374 g/mol. The fraction of sp³-hybridized carbons (Fsp3) is 0.421. The van der Waals surface area contributed by atoms with Crippen LogP contribution in [0.25, 0.3) is 0 Å². The molecular formula is C19H26N4O4. The topological polar surface area (TPSA) is 111 Å². The molecule has 1 heterocycles. The lowest BCUT2D eigenvalue weighted by Gasteiger charge is -2.21. The summed E-state index contributed by atoms with van der Waals surface area (Å²) in [4.78, 5) is 32.3. The second-order valence-electron chi connectivity index (χ2n) is 6.08. The van der Waals surface area contributed by atoms with Crippen LogP contribution >= 0.6 is 0 Å². The highest BCUT2D eigenvalue weighted by Crippen LogP contribution is 2.20. The number of nitrogens with zero attached hydrogens (tertiary/aromatic N) is 3. The number of hydrogen-bond acceptors (Lipinski definition) is 6. The SMILES string of the molecule is CCCCn1c(O)c(C=Nc2ccc(N(CC)CCO)cc2)c(=O)[nH]c1=O. The third-order valence-electron chi connectivity index (χ3n) is 4.25. The second-order valence-corrected chi connectivity index (χ2v) is 6.08. The van der Waals surface area contributed by atoms with Crippen LogP contribution in [0.2, 0.25) is 0 Å². The lowest BCUT2D eigenvalue weighted by molar-refractivity contribution is 0.302. The first-order chi connectivity index (χ1) is 13.0. The summed E-state index contributed by atoms with van der Waals surface area (Å²) >= 11 is 0. The third-order valence-corrected chi connectivity index (χ3v) is 4.25. The highest BCUT2D eigenvalue weighted by molar-refractivity contribution is 5.84. The average Bonchev–Trinajstić information content (AvgIpc) is 2.66. The van der Waals surface area contributed by atoms with E-state index in [2.05, 4.69) is 9.98 Å². The number of likely N-dealkylation sites (N-methyl/N-ethyl adjacent to an activating group) is 1. The van der Waals surface area contributed by atoms with Crippen molar-refractivity contribution in [3.05, 3.63) is 50.7 Å². The molecular weight excluding hydrogens is 348 g/mol. The van der Waals surface area contributed by atoms with Crippen LogP contribution in [0.15, 0.2) is 38.8 Å². The largest absolute Gasteiger partial charge is 0.494 e. The number of aromatic hydroxyl groups is 1. The molecule has 8 nitrogen and oxygen atoms in total. The predicted octanol–water partition coefficient (Wildman–Crippen LogP) is 1.61. The summed E-state index contributed by atoms with van der Waals surface area (Å²) in [6, 6.07) is 7.31. The number of aliphatic imine (C=N–C) groups is 1. The van der Waals surface area contributed by atoms with Crippen LogP contribution in [0.3, 0.4) is 0 Å². The smallest absolute Gasteiger partial charge is 0.331 e. The molecule has 1 aromatic heterocycles. The van der Waals surface area contributed by atoms with Crippen molar-refractivity contribution in [2.45, 2.75) is 33.2 Å². The zero-order chi connectivity index (χ0) is 19.8. The molecule has 0 aliphatic heterocycles. The quantitative estimate of drug-likeness (QED) is 0.578. The first-order valence-electron chi connectivity index (χ1n) is 9.07. The van der Waals surface area contributed by atoms with E-state index in [0.29, 0.717) is 25.2 Å². The van der Waals surface area contributed by atoms with Gasteiger partial charge in [0, 0.05) is 31.5 Å². The predicted molar refractivity (Wildman–Crippen MR) is 107 cm³/mol. The fourth-order valence-electron chi connectivity index (χ4n) is 2.69. The minimum atomic E-state index is -0.675. The van der Waals surface area contributed by atoms with E-state index in [9.17, 15) is 14.7 Å². The van der Waals surface area contributed by atoms with Crippen molar-refractivity contribution in [2.24, 2.45) is 4.99 Å². The standard InChI is InChI=1S/C19H26N4O4/c1-3-5-10-23-18(26)16(17(25)21-19(23)27)13-20-14-6-8-15(9-7-14)22(4-2)11-12-24/h6-9,13,24,26H,3-5,10-12H2,1-2H3,(H,21,25,27). The number of rotatable bonds is 9. The molecule has 8 heteroatoms. The molecule has 0 atom stereocenters. The van der Waals surface area contributed by atoms with E-state index in [-0.39, 0.29) is 18.1 Å². The van der Waals surface area contributed by atoms with E-state index in [4.69, 9.17) is 5.11 Å². The molecule has 1 aromatic carbocycles. The van der Waals surface area contributed by atoms with Gasteiger partial charge in [-0.2, -0.15) is 0 Å². The molecule has 3 N–H and O–H groups in total. The number of aromatic nitrogens is 2. The first kappa shape index (κ1) is 20.4. The molecule has 2 aromatic rings. The summed E-state index contributed by atoms with van der Waals surface area (Å²) in [5.41, 5.74) is 0.204. The maximum Gasteiger partial charge on any atom is 0.331 e. The van der Waals surface area contributed by atoms with Crippen LogP contribution in [0.5, 0.6) is 5.88 Å². The Kier molecular flexibility index (Phi) is 7.36. The normalized spacial score (nSPS) is 11.2. The van der Waals surface area contributed by atoms with Gasteiger partial charge in [-0.3, -0.25) is 19.3 Å². The van der Waals surface area contributed by atoms with Gasteiger partial charge in [0.25, 0.3) is 5.56 Å². The molecule has 146 valence electrons. The van der Waals surface area contributed by atoms with Gasteiger partial charge in [-0.05, 0) is 37.6 Å². The summed E-state index contributed by atoms with van der Waals surface area (Å²) in [6.45, 7) is 5.69. The summed E-state index contributed by atoms with van der Waals surface area (Å²) in [5.74, 6) is -0.377. The van der Waals surface area contributed by atoms with Crippen molar-refractivity contribution < 1.29 is 10.2 Å². The van der Waals surface area contributed by atoms with Crippen molar-refractivity contribution in [1.29, 1.82) is 0 Å². The van der Waals surface area contributed by atoms with Crippen molar-refractivity contribution >= 4 is 17.6 Å². The Morgan fingerprint density at radius 2 is 1.93 bits per heavy atom. The zero-order valence-electron chi connectivity index (χ0n) is 15.7. The van der Waals surface area contributed by atoms with Crippen molar-refractivity contribution in [1.82, 2.24) is 9.55 Å². The van der Waals surface area contributed by atoms with Crippen LogP contribution in [0.4, 0.5) is 11.4 Å². The van der Waals surface area contributed by atoms with Gasteiger partial charge in [0.05, 0.1) is 12.3 Å². The van der Waals surface area contributed by atoms with Gasteiger partial charge in [0.2, 0.25) is 5.88 Å². The van der Waals surface area contributed by atoms with E-state index >= 15 is 0 Å². The van der Waals surface area contributed by atoms with Gasteiger partial charge in [-0.15, -0.1) is 0 Å². The van der Waals surface area contributed by atoms with E-state index in [1.807, 2.05) is 30.9 Å². The Morgan fingerprint density at radius 3 is 2.52 bits per heavy atom. The molecule has 0 radical (unpaired) electrons. The van der Waals surface area contributed by atoms with E-state index in [1.54, 1.807) is 12.1 Å². The highest BCUT2D eigenvalue weighted by atomic mass is 16.3. The number of benzene rings is 1. The van der Waals surface area contributed by atoms with E-state index in [0.717, 1.165) is 23.2 Å². The molecule has 27 heavy (non-hydrogen) atoms. The number of H-pyrrole nitrogens is 1. The molecule has 0 saturated heterocycles. The number of unbranched alkanes of at least 4 members (excludes halogenated alkanes) is 1. The van der Waals surface area contributed by atoms with Crippen LogP contribution in [-0.4, -0.2) is 45.7 Å². The Labute approximate surface area is 157 Å². The number of anilines is 1. The number of hydrogen-bond donors (Lipinski definition) is 3. The molecule has 0 bridgehead atoms. The minimum Gasteiger partial charge on any atom is -0.494 e. The zero-order valence-corrected chi connectivity index (χ0v) is 15.7. The van der Waals surface area contributed by atoms with Crippen LogP contribution in [-0.2, 0) is 6.54 Å².